The topological polar surface area (TPSA) is 61.2 Å². The fourth-order valence-corrected chi connectivity index (χ4v) is 4.11. The maximum atomic E-state index is 13.3. The van der Waals surface area contributed by atoms with Crippen molar-refractivity contribution in [2.75, 3.05) is 4.31 Å². The van der Waals surface area contributed by atoms with Crippen LogP contribution in [0.15, 0.2) is 83.8 Å². The second kappa shape index (κ2) is 7.42. The van der Waals surface area contributed by atoms with Gasteiger partial charge in [-0.3, -0.25) is 4.31 Å². The molecule has 0 saturated heterocycles. The molecule has 3 rings (SSSR count). The number of anilines is 1. The third-order valence-corrected chi connectivity index (χ3v) is 5.89. The number of benzene rings is 3. The van der Waals surface area contributed by atoms with E-state index in [2.05, 4.69) is 6.07 Å². The van der Waals surface area contributed by atoms with Gasteiger partial charge >= 0.3 is 0 Å². The summed E-state index contributed by atoms with van der Waals surface area (Å²) in [6.07, 6.45) is 0. The lowest BCUT2D eigenvalue weighted by molar-refractivity contribution is 0.590. The van der Waals surface area contributed by atoms with Crippen LogP contribution in [0, 0.1) is 18.3 Å². The van der Waals surface area contributed by atoms with Crippen molar-refractivity contribution in [2.45, 2.75) is 18.4 Å². The Labute approximate surface area is 154 Å². The van der Waals surface area contributed by atoms with Crippen molar-refractivity contribution < 1.29 is 8.42 Å². The van der Waals surface area contributed by atoms with Crippen molar-refractivity contribution in [3.63, 3.8) is 0 Å². The highest BCUT2D eigenvalue weighted by Gasteiger charge is 2.25. The SMILES string of the molecule is Cc1ccc(S(=O)(=O)N(Cc2ccccc2C#N)c2ccccc2)cc1. The Bertz CT molecular complexity index is 1040. The smallest absolute Gasteiger partial charge is 0.262 e. The van der Waals surface area contributed by atoms with Crippen molar-refractivity contribution in [1.29, 1.82) is 5.26 Å². The van der Waals surface area contributed by atoms with Crippen molar-refractivity contribution in [1.82, 2.24) is 0 Å². The summed E-state index contributed by atoms with van der Waals surface area (Å²) in [4.78, 5) is 0.224. The first-order valence-corrected chi connectivity index (χ1v) is 9.59. The minimum atomic E-state index is -3.77. The summed E-state index contributed by atoms with van der Waals surface area (Å²) in [5.41, 5.74) is 2.67. The van der Waals surface area contributed by atoms with Crippen molar-refractivity contribution in [2.24, 2.45) is 0 Å². The molecular formula is C21H18N2O2S. The zero-order valence-electron chi connectivity index (χ0n) is 14.3. The van der Waals surface area contributed by atoms with Gasteiger partial charge in [-0.2, -0.15) is 5.26 Å². The van der Waals surface area contributed by atoms with E-state index < -0.39 is 10.0 Å². The summed E-state index contributed by atoms with van der Waals surface area (Å²) in [7, 11) is -3.77. The van der Waals surface area contributed by atoms with Crippen LogP contribution in [0.25, 0.3) is 0 Å². The quantitative estimate of drug-likeness (QED) is 0.681. The van der Waals surface area contributed by atoms with Gasteiger partial charge in [-0.15, -0.1) is 0 Å². The molecule has 0 amide bonds. The number of aryl methyl sites for hydroxylation is 1. The van der Waals surface area contributed by atoms with E-state index in [4.69, 9.17) is 0 Å². The number of sulfonamides is 1. The van der Waals surface area contributed by atoms with Crippen LogP contribution in [-0.2, 0) is 16.6 Å². The first-order valence-electron chi connectivity index (χ1n) is 8.15. The minimum absolute atomic E-state index is 0.0873. The number of hydrogen-bond donors (Lipinski definition) is 0. The summed E-state index contributed by atoms with van der Waals surface area (Å²) < 4.78 is 27.9. The predicted octanol–water partition coefficient (Wildman–Crippen LogP) is 4.26. The summed E-state index contributed by atoms with van der Waals surface area (Å²) in [6, 6.07) is 24.9. The molecule has 130 valence electrons. The molecule has 3 aromatic carbocycles. The predicted molar refractivity (Wildman–Crippen MR) is 102 cm³/mol. The van der Waals surface area contributed by atoms with Crippen molar-refractivity contribution >= 4 is 15.7 Å². The van der Waals surface area contributed by atoms with Crippen molar-refractivity contribution in [3.8, 4) is 6.07 Å². The molecule has 0 saturated carbocycles. The van der Waals surface area contributed by atoms with E-state index in [-0.39, 0.29) is 11.4 Å². The van der Waals surface area contributed by atoms with Gasteiger partial charge < -0.3 is 0 Å². The zero-order valence-corrected chi connectivity index (χ0v) is 15.1. The highest BCUT2D eigenvalue weighted by molar-refractivity contribution is 7.92. The van der Waals surface area contributed by atoms with Crippen LogP contribution in [-0.4, -0.2) is 8.42 Å². The Morgan fingerprint density at radius 2 is 1.50 bits per heavy atom. The molecule has 0 aliphatic carbocycles. The normalized spacial score (nSPS) is 10.9. The number of rotatable bonds is 5. The molecule has 4 nitrogen and oxygen atoms in total. The monoisotopic (exact) mass is 362 g/mol. The van der Waals surface area contributed by atoms with E-state index in [0.717, 1.165) is 5.56 Å². The third kappa shape index (κ3) is 3.61. The molecule has 0 aliphatic heterocycles. The molecule has 0 spiro atoms. The van der Waals surface area contributed by atoms with Gasteiger partial charge in [0, 0.05) is 0 Å². The first kappa shape index (κ1) is 17.7. The van der Waals surface area contributed by atoms with Gasteiger partial charge in [0.1, 0.15) is 0 Å². The van der Waals surface area contributed by atoms with Crippen LogP contribution in [0.4, 0.5) is 5.69 Å². The van der Waals surface area contributed by atoms with Gasteiger partial charge in [0.05, 0.1) is 28.8 Å². The third-order valence-electron chi connectivity index (χ3n) is 4.10. The Balaban J connectivity index is 2.10. The molecule has 0 fully saturated rings. The highest BCUT2D eigenvalue weighted by Crippen LogP contribution is 2.26. The van der Waals surface area contributed by atoms with Crippen LogP contribution < -0.4 is 4.31 Å². The minimum Gasteiger partial charge on any atom is -0.262 e. The molecular weight excluding hydrogens is 344 g/mol. The zero-order chi connectivity index (χ0) is 18.6. The fraction of sp³-hybridized carbons (Fsp3) is 0.0952. The van der Waals surface area contributed by atoms with Crippen LogP contribution in [0.2, 0.25) is 0 Å². The molecule has 0 bridgehead atoms. The van der Waals surface area contributed by atoms with E-state index in [1.165, 1.54) is 4.31 Å². The lowest BCUT2D eigenvalue weighted by Gasteiger charge is -2.25. The fourth-order valence-electron chi connectivity index (χ4n) is 2.67. The van der Waals surface area contributed by atoms with Crippen LogP contribution >= 0.6 is 0 Å². The highest BCUT2D eigenvalue weighted by atomic mass is 32.2. The first-order chi connectivity index (χ1) is 12.5. The molecule has 3 aromatic rings. The molecule has 0 aliphatic rings. The number of nitrogens with zero attached hydrogens (tertiary/aromatic N) is 2. The van der Waals surface area contributed by atoms with Gasteiger partial charge in [-0.25, -0.2) is 8.42 Å². The maximum Gasteiger partial charge on any atom is 0.264 e. The molecule has 0 N–H and O–H groups in total. The molecule has 0 unspecified atom stereocenters. The Kier molecular flexibility index (Phi) is 5.06. The van der Waals surface area contributed by atoms with E-state index in [9.17, 15) is 13.7 Å². The second-order valence-corrected chi connectivity index (χ2v) is 7.79. The molecule has 0 atom stereocenters. The standard InChI is InChI=1S/C21H18N2O2S/c1-17-11-13-21(14-12-17)26(24,25)23(20-9-3-2-4-10-20)16-19-8-6-5-7-18(19)15-22/h2-14H,16H2,1H3. The molecule has 0 radical (unpaired) electrons. The summed E-state index contributed by atoms with van der Waals surface area (Å²) in [5, 5.41) is 9.33. The number of para-hydroxylation sites is 1. The number of nitriles is 1. The van der Waals surface area contributed by atoms with Crippen LogP contribution in [0.1, 0.15) is 16.7 Å². The average molecular weight is 362 g/mol. The second-order valence-electron chi connectivity index (χ2n) is 5.93. The number of hydrogen-bond acceptors (Lipinski definition) is 3. The Morgan fingerprint density at radius 3 is 2.15 bits per heavy atom. The Morgan fingerprint density at radius 1 is 0.885 bits per heavy atom. The van der Waals surface area contributed by atoms with Crippen LogP contribution in [0.3, 0.4) is 0 Å². The van der Waals surface area contributed by atoms with Gasteiger partial charge in [0.25, 0.3) is 10.0 Å². The van der Waals surface area contributed by atoms with Gasteiger partial charge in [-0.05, 0) is 42.8 Å². The van der Waals surface area contributed by atoms with Gasteiger partial charge in [-0.1, -0.05) is 54.1 Å². The molecule has 26 heavy (non-hydrogen) atoms. The maximum absolute atomic E-state index is 13.3. The van der Waals surface area contributed by atoms with Crippen LogP contribution in [0.5, 0.6) is 0 Å². The molecule has 5 heteroatoms. The van der Waals surface area contributed by atoms with E-state index in [1.807, 2.05) is 13.0 Å². The Hall–Kier alpha value is -3.10. The summed E-state index contributed by atoms with van der Waals surface area (Å²) in [5.74, 6) is 0. The average Bonchev–Trinajstić information content (AvgIpc) is 2.67. The molecule has 0 aromatic heterocycles. The van der Waals surface area contributed by atoms with E-state index in [1.54, 1.807) is 72.8 Å². The summed E-state index contributed by atoms with van der Waals surface area (Å²) >= 11 is 0. The van der Waals surface area contributed by atoms with Gasteiger partial charge in [0.15, 0.2) is 0 Å². The lowest BCUT2D eigenvalue weighted by Crippen LogP contribution is -2.30. The largest absolute Gasteiger partial charge is 0.264 e. The van der Waals surface area contributed by atoms with E-state index in [0.29, 0.717) is 16.8 Å². The molecule has 0 heterocycles. The van der Waals surface area contributed by atoms with Gasteiger partial charge in [0.2, 0.25) is 0 Å². The lowest BCUT2D eigenvalue weighted by atomic mass is 10.1. The summed E-state index contributed by atoms with van der Waals surface area (Å²) in [6.45, 7) is 2.00. The van der Waals surface area contributed by atoms with Crippen molar-refractivity contribution in [3.05, 3.63) is 95.6 Å². The van der Waals surface area contributed by atoms with E-state index >= 15 is 0 Å².